The van der Waals surface area contributed by atoms with E-state index in [9.17, 15) is 9.90 Å². The summed E-state index contributed by atoms with van der Waals surface area (Å²) in [7, 11) is 0. The molecule has 0 radical (unpaired) electrons. The van der Waals surface area contributed by atoms with E-state index in [2.05, 4.69) is 5.32 Å². The van der Waals surface area contributed by atoms with Crippen LogP contribution in [-0.2, 0) is 0 Å². The molecule has 0 spiro atoms. The number of hydrogen-bond donors (Lipinski definition) is 2. The van der Waals surface area contributed by atoms with E-state index in [0.717, 1.165) is 24.1 Å². The highest BCUT2D eigenvalue weighted by molar-refractivity contribution is 5.94. The van der Waals surface area contributed by atoms with Gasteiger partial charge in [-0.05, 0) is 37.5 Å². The van der Waals surface area contributed by atoms with E-state index in [1.54, 1.807) is 6.07 Å². The Morgan fingerprint density at radius 2 is 1.79 bits per heavy atom. The van der Waals surface area contributed by atoms with Gasteiger partial charge in [0, 0.05) is 11.7 Å². The molecule has 3 heteroatoms. The third-order valence-corrected chi connectivity index (χ3v) is 3.87. The first kappa shape index (κ1) is 13.9. The van der Waals surface area contributed by atoms with Gasteiger partial charge in [0.2, 0.25) is 0 Å². The molecule has 0 amide bonds. The lowest BCUT2D eigenvalue weighted by Gasteiger charge is -2.23. The Kier molecular flexibility index (Phi) is 4.83. The Labute approximate surface area is 115 Å². The third kappa shape index (κ3) is 3.98. The number of aromatic carboxylic acids is 1. The number of carbonyl (C=O) groups is 1. The molecular weight excluding hydrogens is 238 g/mol. The van der Waals surface area contributed by atoms with E-state index in [1.807, 2.05) is 19.1 Å². The Morgan fingerprint density at radius 3 is 2.42 bits per heavy atom. The third-order valence-electron chi connectivity index (χ3n) is 3.87. The molecule has 0 heterocycles. The molecule has 1 fully saturated rings. The summed E-state index contributed by atoms with van der Waals surface area (Å²) >= 11 is 0. The average Bonchev–Trinajstić information content (AvgIpc) is 2.32. The van der Waals surface area contributed by atoms with Crippen LogP contribution in [0.1, 0.15) is 60.9 Å². The highest BCUT2D eigenvalue weighted by Crippen LogP contribution is 2.24. The van der Waals surface area contributed by atoms with E-state index in [0.29, 0.717) is 11.6 Å². The smallest absolute Gasteiger partial charge is 0.337 e. The van der Waals surface area contributed by atoms with Crippen molar-refractivity contribution < 1.29 is 9.90 Å². The average molecular weight is 261 g/mol. The molecule has 1 aromatic rings. The highest BCUT2D eigenvalue weighted by Gasteiger charge is 2.15. The minimum Gasteiger partial charge on any atom is -0.478 e. The van der Waals surface area contributed by atoms with Crippen LogP contribution in [0.4, 0.5) is 5.69 Å². The Balaban J connectivity index is 2.11. The number of aryl methyl sites for hydroxylation is 1. The van der Waals surface area contributed by atoms with Gasteiger partial charge in [0.25, 0.3) is 0 Å². The number of benzene rings is 1. The molecule has 1 aliphatic carbocycles. The lowest BCUT2D eigenvalue weighted by Crippen LogP contribution is -2.22. The molecule has 0 unspecified atom stereocenters. The van der Waals surface area contributed by atoms with Gasteiger partial charge in [-0.25, -0.2) is 4.79 Å². The first-order valence-electron chi connectivity index (χ1n) is 7.27. The quantitative estimate of drug-likeness (QED) is 0.856. The van der Waals surface area contributed by atoms with Crippen molar-refractivity contribution in [2.75, 3.05) is 5.32 Å². The number of anilines is 1. The molecular formula is C16H23NO2. The molecule has 19 heavy (non-hydrogen) atoms. The molecule has 0 bridgehead atoms. The van der Waals surface area contributed by atoms with Gasteiger partial charge in [-0.1, -0.05) is 38.2 Å². The minimum absolute atomic E-state index is 0.382. The molecule has 3 nitrogen and oxygen atoms in total. The molecule has 2 rings (SSSR count). The lowest BCUT2D eigenvalue weighted by atomic mass is 9.96. The van der Waals surface area contributed by atoms with Crippen molar-refractivity contribution in [2.45, 2.75) is 57.9 Å². The summed E-state index contributed by atoms with van der Waals surface area (Å²) in [6.07, 6.45) is 8.73. The predicted octanol–water partition coefficient (Wildman–Crippen LogP) is 4.22. The fraction of sp³-hybridized carbons (Fsp3) is 0.562. The van der Waals surface area contributed by atoms with Gasteiger partial charge in [-0.2, -0.15) is 0 Å². The standard InChI is InChI=1S/C16H23NO2/c1-12-9-10-14(16(18)19)15(11-12)17-13-7-5-3-2-4-6-8-13/h9-11,13,17H,2-8H2,1H3,(H,18,19). The van der Waals surface area contributed by atoms with Crippen LogP contribution >= 0.6 is 0 Å². The van der Waals surface area contributed by atoms with Crippen LogP contribution in [0, 0.1) is 6.92 Å². The van der Waals surface area contributed by atoms with Crippen LogP contribution in [0.2, 0.25) is 0 Å². The number of hydrogen-bond acceptors (Lipinski definition) is 2. The van der Waals surface area contributed by atoms with E-state index in [4.69, 9.17) is 0 Å². The van der Waals surface area contributed by atoms with Gasteiger partial charge in [0.15, 0.2) is 0 Å². The Hall–Kier alpha value is -1.51. The van der Waals surface area contributed by atoms with Crippen LogP contribution in [0.3, 0.4) is 0 Å². The van der Waals surface area contributed by atoms with Gasteiger partial charge in [-0.3, -0.25) is 0 Å². The topological polar surface area (TPSA) is 49.3 Å². The lowest BCUT2D eigenvalue weighted by molar-refractivity contribution is 0.0698. The monoisotopic (exact) mass is 261 g/mol. The summed E-state index contributed by atoms with van der Waals surface area (Å²) in [4.78, 5) is 11.3. The zero-order chi connectivity index (χ0) is 13.7. The molecule has 1 aromatic carbocycles. The maximum absolute atomic E-state index is 11.3. The molecule has 0 saturated heterocycles. The summed E-state index contributed by atoms with van der Waals surface area (Å²) in [6, 6.07) is 5.91. The molecule has 0 aromatic heterocycles. The molecule has 104 valence electrons. The maximum Gasteiger partial charge on any atom is 0.337 e. The van der Waals surface area contributed by atoms with E-state index >= 15 is 0 Å². The highest BCUT2D eigenvalue weighted by atomic mass is 16.4. The second-order valence-corrected chi connectivity index (χ2v) is 5.54. The van der Waals surface area contributed by atoms with Gasteiger partial charge in [0.05, 0.1) is 5.56 Å². The summed E-state index contributed by atoms with van der Waals surface area (Å²) in [6.45, 7) is 1.99. The van der Waals surface area contributed by atoms with Crippen LogP contribution < -0.4 is 5.32 Å². The van der Waals surface area contributed by atoms with Crippen LogP contribution in [0.5, 0.6) is 0 Å². The van der Waals surface area contributed by atoms with Crippen molar-refractivity contribution in [1.82, 2.24) is 0 Å². The summed E-state index contributed by atoms with van der Waals surface area (Å²) in [5.74, 6) is -0.853. The van der Waals surface area contributed by atoms with Gasteiger partial charge < -0.3 is 10.4 Å². The Bertz CT molecular complexity index is 434. The van der Waals surface area contributed by atoms with Crippen LogP contribution in [0.25, 0.3) is 0 Å². The molecule has 2 N–H and O–H groups in total. The zero-order valence-corrected chi connectivity index (χ0v) is 11.6. The molecule has 1 aliphatic rings. The van der Waals surface area contributed by atoms with Crippen LogP contribution in [0.15, 0.2) is 18.2 Å². The Morgan fingerprint density at radius 1 is 1.16 bits per heavy atom. The molecule has 0 atom stereocenters. The first-order chi connectivity index (χ1) is 9.16. The largest absolute Gasteiger partial charge is 0.478 e. The van der Waals surface area contributed by atoms with E-state index in [1.165, 1.54) is 32.1 Å². The fourth-order valence-electron chi connectivity index (χ4n) is 2.78. The number of carboxylic acids is 1. The number of nitrogens with one attached hydrogen (secondary N) is 1. The van der Waals surface area contributed by atoms with Crippen molar-refractivity contribution in [3.63, 3.8) is 0 Å². The van der Waals surface area contributed by atoms with E-state index < -0.39 is 5.97 Å². The zero-order valence-electron chi connectivity index (χ0n) is 11.6. The predicted molar refractivity (Wildman–Crippen MR) is 77.9 cm³/mol. The number of carboxylic acid groups (broad SMARTS) is 1. The second-order valence-electron chi connectivity index (χ2n) is 5.54. The van der Waals surface area contributed by atoms with Crippen molar-refractivity contribution in [1.29, 1.82) is 0 Å². The van der Waals surface area contributed by atoms with Gasteiger partial charge in [0.1, 0.15) is 0 Å². The molecule has 0 aliphatic heterocycles. The van der Waals surface area contributed by atoms with Gasteiger partial charge in [-0.15, -0.1) is 0 Å². The van der Waals surface area contributed by atoms with Crippen LogP contribution in [-0.4, -0.2) is 17.1 Å². The van der Waals surface area contributed by atoms with Crippen molar-refractivity contribution in [3.8, 4) is 0 Å². The number of rotatable bonds is 3. The first-order valence-corrected chi connectivity index (χ1v) is 7.27. The summed E-state index contributed by atoms with van der Waals surface area (Å²) < 4.78 is 0. The second kappa shape index (κ2) is 6.60. The molecule has 1 saturated carbocycles. The van der Waals surface area contributed by atoms with Crippen molar-refractivity contribution in [3.05, 3.63) is 29.3 Å². The van der Waals surface area contributed by atoms with Crippen molar-refractivity contribution in [2.24, 2.45) is 0 Å². The minimum atomic E-state index is -0.853. The SMILES string of the molecule is Cc1ccc(C(=O)O)c(NC2CCCCCCC2)c1. The van der Waals surface area contributed by atoms with E-state index in [-0.39, 0.29) is 0 Å². The normalized spacial score (nSPS) is 17.5. The van der Waals surface area contributed by atoms with Crippen molar-refractivity contribution >= 4 is 11.7 Å². The maximum atomic E-state index is 11.3. The summed E-state index contributed by atoms with van der Waals surface area (Å²) in [5.41, 5.74) is 2.25. The summed E-state index contributed by atoms with van der Waals surface area (Å²) in [5, 5.41) is 12.7. The van der Waals surface area contributed by atoms with Gasteiger partial charge >= 0.3 is 5.97 Å². The fourth-order valence-corrected chi connectivity index (χ4v) is 2.78.